The van der Waals surface area contributed by atoms with Gasteiger partial charge in [-0.15, -0.1) is 0 Å². The molecule has 0 aromatic carbocycles. The first-order valence-electron chi connectivity index (χ1n) is 11.0. The highest BCUT2D eigenvalue weighted by molar-refractivity contribution is 5.97. The lowest BCUT2D eigenvalue weighted by molar-refractivity contribution is -0.140. The fraction of sp³-hybridized carbons (Fsp3) is 0.391. The van der Waals surface area contributed by atoms with Crippen LogP contribution >= 0.6 is 0 Å². The van der Waals surface area contributed by atoms with E-state index in [4.69, 9.17) is 9.97 Å². The molecule has 2 N–H and O–H groups in total. The van der Waals surface area contributed by atoms with Gasteiger partial charge in [0.2, 0.25) is 0 Å². The summed E-state index contributed by atoms with van der Waals surface area (Å²) in [5.74, 6) is 1.51. The van der Waals surface area contributed by atoms with Crippen molar-refractivity contribution in [1.29, 1.82) is 0 Å². The number of alkyl halides is 3. The Hall–Kier alpha value is -3.27. The van der Waals surface area contributed by atoms with E-state index in [-0.39, 0.29) is 11.8 Å². The van der Waals surface area contributed by atoms with Crippen molar-refractivity contribution in [2.75, 3.05) is 18.0 Å². The first kappa shape index (κ1) is 20.3. The van der Waals surface area contributed by atoms with Gasteiger partial charge in [0.05, 0.1) is 17.8 Å². The summed E-state index contributed by atoms with van der Waals surface area (Å²) in [5.41, 5.74) is 1.53. The predicted octanol–water partition coefficient (Wildman–Crippen LogP) is 4.43. The number of anilines is 1. The molecule has 5 heterocycles. The number of H-pyrrole nitrogens is 1. The van der Waals surface area contributed by atoms with E-state index in [1.54, 1.807) is 12.3 Å². The SMILES string of the molecule is OC1CCN(c2nc(-c3ccnc4[nH]c(C(F)(F)F)cc34)nc3cncc(C4CC4)c23)CC1. The molecule has 2 aliphatic rings. The number of nitrogens with zero attached hydrogens (tertiary/aromatic N) is 5. The maximum Gasteiger partial charge on any atom is 0.431 e. The van der Waals surface area contributed by atoms with Crippen LogP contribution in [0.2, 0.25) is 0 Å². The number of aromatic amines is 1. The van der Waals surface area contributed by atoms with Crippen molar-refractivity contribution in [2.24, 2.45) is 0 Å². The van der Waals surface area contributed by atoms with Gasteiger partial charge in [-0.2, -0.15) is 13.2 Å². The highest BCUT2D eigenvalue weighted by atomic mass is 19.4. The van der Waals surface area contributed by atoms with Crippen LogP contribution in [0.5, 0.6) is 0 Å². The number of nitrogens with one attached hydrogen (secondary N) is 1. The number of fused-ring (bicyclic) bond motifs is 2. The zero-order valence-electron chi connectivity index (χ0n) is 17.6. The number of rotatable bonds is 3. The van der Waals surface area contributed by atoms with Crippen LogP contribution in [0.4, 0.5) is 19.0 Å². The summed E-state index contributed by atoms with van der Waals surface area (Å²) in [6.07, 6.45) is 3.63. The zero-order chi connectivity index (χ0) is 22.7. The molecule has 6 rings (SSSR count). The summed E-state index contributed by atoms with van der Waals surface area (Å²) in [6.45, 7) is 1.29. The molecule has 10 heteroatoms. The van der Waals surface area contributed by atoms with Gasteiger partial charge in [0, 0.05) is 41.8 Å². The van der Waals surface area contributed by atoms with E-state index in [2.05, 4.69) is 19.9 Å². The van der Waals surface area contributed by atoms with Gasteiger partial charge in [-0.05, 0) is 49.3 Å². The molecule has 170 valence electrons. The maximum absolute atomic E-state index is 13.3. The highest BCUT2D eigenvalue weighted by Crippen LogP contribution is 2.45. The number of pyridine rings is 2. The van der Waals surface area contributed by atoms with Crippen LogP contribution in [-0.4, -0.2) is 49.2 Å². The van der Waals surface area contributed by atoms with Gasteiger partial charge in [0.15, 0.2) is 5.82 Å². The molecule has 0 unspecified atom stereocenters. The summed E-state index contributed by atoms with van der Waals surface area (Å²) >= 11 is 0. The normalized spacial score (nSPS) is 17.9. The van der Waals surface area contributed by atoms with Crippen molar-refractivity contribution in [3.63, 3.8) is 0 Å². The lowest BCUT2D eigenvalue weighted by Crippen LogP contribution is -2.36. The van der Waals surface area contributed by atoms with E-state index in [1.165, 1.54) is 6.20 Å². The molecule has 4 aromatic heterocycles. The van der Waals surface area contributed by atoms with E-state index in [0.29, 0.717) is 54.1 Å². The number of aromatic nitrogens is 5. The molecule has 1 aliphatic carbocycles. The fourth-order valence-corrected chi connectivity index (χ4v) is 4.59. The molecule has 0 spiro atoms. The Morgan fingerprint density at radius 1 is 1.06 bits per heavy atom. The van der Waals surface area contributed by atoms with Crippen LogP contribution in [0.1, 0.15) is 42.9 Å². The van der Waals surface area contributed by atoms with Crippen molar-refractivity contribution in [3.05, 3.63) is 42.0 Å². The van der Waals surface area contributed by atoms with Gasteiger partial charge in [0.1, 0.15) is 17.2 Å². The molecule has 2 fully saturated rings. The summed E-state index contributed by atoms with van der Waals surface area (Å²) in [6, 6.07) is 2.69. The number of halogens is 3. The minimum Gasteiger partial charge on any atom is -0.393 e. The number of aliphatic hydroxyl groups is 1. The van der Waals surface area contributed by atoms with Crippen LogP contribution in [0.3, 0.4) is 0 Å². The van der Waals surface area contributed by atoms with Crippen LogP contribution in [-0.2, 0) is 6.18 Å². The molecule has 0 bridgehead atoms. The van der Waals surface area contributed by atoms with Gasteiger partial charge in [-0.1, -0.05) is 0 Å². The van der Waals surface area contributed by atoms with E-state index in [9.17, 15) is 18.3 Å². The lowest BCUT2D eigenvalue weighted by atomic mass is 10.0. The van der Waals surface area contributed by atoms with Crippen molar-refractivity contribution in [1.82, 2.24) is 24.9 Å². The number of hydrogen-bond donors (Lipinski definition) is 2. The first-order valence-corrected chi connectivity index (χ1v) is 11.0. The third kappa shape index (κ3) is 3.58. The average Bonchev–Trinajstić information content (AvgIpc) is 3.54. The Morgan fingerprint density at radius 2 is 1.85 bits per heavy atom. The quantitative estimate of drug-likeness (QED) is 0.476. The summed E-state index contributed by atoms with van der Waals surface area (Å²) in [5, 5.41) is 11.2. The Kier molecular flexibility index (Phi) is 4.55. The smallest absolute Gasteiger partial charge is 0.393 e. The van der Waals surface area contributed by atoms with Gasteiger partial charge < -0.3 is 15.0 Å². The lowest BCUT2D eigenvalue weighted by Gasteiger charge is -2.31. The third-order valence-electron chi connectivity index (χ3n) is 6.48. The number of aliphatic hydroxyl groups excluding tert-OH is 1. The molecule has 33 heavy (non-hydrogen) atoms. The summed E-state index contributed by atoms with van der Waals surface area (Å²) in [4.78, 5) is 22.6. The third-order valence-corrected chi connectivity index (χ3v) is 6.48. The minimum absolute atomic E-state index is 0.135. The van der Waals surface area contributed by atoms with Gasteiger partial charge in [-0.3, -0.25) is 4.98 Å². The zero-order valence-corrected chi connectivity index (χ0v) is 17.6. The predicted molar refractivity (Wildman–Crippen MR) is 117 cm³/mol. The molecule has 0 radical (unpaired) electrons. The van der Waals surface area contributed by atoms with Gasteiger partial charge in [-0.25, -0.2) is 15.0 Å². The molecular weight excluding hydrogens is 433 g/mol. The largest absolute Gasteiger partial charge is 0.431 e. The molecule has 0 amide bonds. The molecule has 1 aliphatic heterocycles. The second-order valence-corrected chi connectivity index (χ2v) is 8.79. The van der Waals surface area contributed by atoms with Gasteiger partial charge in [0.25, 0.3) is 0 Å². The monoisotopic (exact) mass is 454 g/mol. The van der Waals surface area contributed by atoms with Gasteiger partial charge >= 0.3 is 6.18 Å². The average molecular weight is 454 g/mol. The summed E-state index contributed by atoms with van der Waals surface area (Å²) in [7, 11) is 0. The Balaban J connectivity index is 1.57. The van der Waals surface area contributed by atoms with E-state index < -0.39 is 11.9 Å². The Labute approximate surface area is 186 Å². The molecule has 4 aromatic rings. The Bertz CT molecular complexity index is 1360. The molecule has 0 atom stereocenters. The molecular formula is C23H21F3N6O. The van der Waals surface area contributed by atoms with Crippen LogP contribution in [0.15, 0.2) is 30.7 Å². The van der Waals surface area contributed by atoms with Crippen molar-refractivity contribution >= 4 is 27.8 Å². The molecule has 1 saturated heterocycles. The first-order chi connectivity index (χ1) is 15.9. The minimum atomic E-state index is -4.51. The maximum atomic E-state index is 13.3. The second kappa shape index (κ2) is 7.38. The molecule has 7 nitrogen and oxygen atoms in total. The number of piperidine rings is 1. The Morgan fingerprint density at radius 3 is 2.58 bits per heavy atom. The van der Waals surface area contributed by atoms with E-state index in [1.807, 2.05) is 6.20 Å². The van der Waals surface area contributed by atoms with Crippen molar-refractivity contribution < 1.29 is 18.3 Å². The fourth-order valence-electron chi connectivity index (χ4n) is 4.59. The highest BCUT2D eigenvalue weighted by Gasteiger charge is 2.34. The van der Waals surface area contributed by atoms with E-state index >= 15 is 0 Å². The second-order valence-electron chi connectivity index (χ2n) is 8.79. The number of hydrogen-bond acceptors (Lipinski definition) is 6. The van der Waals surface area contributed by atoms with Crippen LogP contribution in [0, 0.1) is 0 Å². The summed E-state index contributed by atoms with van der Waals surface area (Å²) < 4.78 is 39.9. The van der Waals surface area contributed by atoms with Crippen molar-refractivity contribution in [3.8, 4) is 11.4 Å². The van der Waals surface area contributed by atoms with Crippen LogP contribution in [0.25, 0.3) is 33.3 Å². The van der Waals surface area contributed by atoms with Crippen molar-refractivity contribution in [2.45, 2.75) is 43.9 Å². The standard InChI is InChI=1S/C23H21F3N6O/c24-23(25,26)18-9-15-14(3-6-28-20(15)30-18)21-29-17-11-27-10-16(12-1-2-12)19(17)22(31-21)32-7-4-13(33)5-8-32/h3,6,9-13,33H,1-2,4-5,7-8H2,(H,28,30). The topological polar surface area (TPSA) is 90.8 Å². The van der Waals surface area contributed by atoms with Crippen LogP contribution < -0.4 is 4.90 Å². The molecule has 1 saturated carbocycles. The van der Waals surface area contributed by atoms with E-state index in [0.717, 1.165) is 35.7 Å².